The number of amides is 1. The molecule has 100 valence electrons. The van der Waals surface area contributed by atoms with Crippen LogP contribution < -0.4 is 10.4 Å². The van der Waals surface area contributed by atoms with Crippen LogP contribution in [0.5, 0.6) is 0 Å². The molecule has 0 unspecified atom stereocenters. The predicted molar refractivity (Wildman–Crippen MR) is 71.9 cm³/mol. The lowest BCUT2D eigenvalue weighted by atomic mass is 10.5. The highest BCUT2D eigenvalue weighted by atomic mass is 35.5. The average molecular weight is 291 g/mol. The zero-order valence-electron chi connectivity index (χ0n) is 10.4. The van der Waals surface area contributed by atoms with Crippen LogP contribution in [-0.2, 0) is 9.63 Å². The van der Waals surface area contributed by atoms with E-state index in [9.17, 15) is 4.79 Å². The van der Waals surface area contributed by atoms with Crippen molar-refractivity contribution in [2.75, 3.05) is 31.4 Å². The van der Waals surface area contributed by atoms with E-state index in [0.717, 1.165) is 0 Å². The Balaban J connectivity index is 2.59. The summed E-state index contributed by atoms with van der Waals surface area (Å²) in [4.78, 5) is 26.2. The van der Waals surface area contributed by atoms with Crippen molar-refractivity contribution < 1.29 is 9.63 Å². The van der Waals surface area contributed by atoms with Crippen LogP contribution >= 0.6 is 23.4 Å². The Hall–Kier alpha value is -1.05. The van der Waals surface area contributed by atoms with Gasteiger partial charge in [0.25, 0.3) is 5.91 Å². The van der Waals surface area contributed by atoms with E-state index in [0.29, 0.717) is 22.7 Å². The van der Waals surface area contributed by atoms with Crippen molar-refractivity contribution >= 4 is 35.1 Å². The van der Waals surface area contributed by atoms with Gasteiger partial charge in [0.1, 0.15) is 11.0 Å². The van der Waals surface area contributed by atoms with Crippen LogP contribution in [0.15, 0.2) is 11.2 Å². The second-order valence-corrected chi connectivity index (χ2v) is 4.80. The van der Waals surface area contributed by atoms with Crippen molar-refractivity contribution in [1.82, 2.24) is 15.4 Å². The van der Waals surface area contributed by atoms with Crippen molar-refractivity contribution in [3.63, 3.8) is 0 Å². The molecular formula is C10H15ClN4O2S. The maximum absolute atomic E-state index is 11.3. The highest BCUT2D eigenvalue weighted by Gasteiger charge is 2.08. The molecule has 0 atom stereocenters. The quantitative estimate of drug-likeness (QED) is 0.369. The van der Waals surface area contributed by atoms with E-state index < -0.39 is 0 Å². The fourth-order valence-corrected chi connectivity index (χ4v) is 1.86. The number of nitrogens with zero attached hydrogens (tertiary/aromatic N) is 3. The molecule has 8 heteroatoms. The molecule has 18 heavy (non-hydrogen) atoms. The van der Waals surface area contributed by atoms with Gasteiger partial charge in [-0.3, -0.25) is 9.63 Å². The van der Waals surface area contributed by atoms with Gasteiger partial charge < -0.3 is 4.90 Å². The molecule has 0 spiro atoms. The molecule has 0 aromatic carbocycles. The third-order valence-electron chi connectivity index (χ3n) is 1.78. The Morgan fingerprint density at radius 1 is 1.56 bits per heavy atom. The number of thioether (sulfide) groups is 1. The van der Waals surface area contributed by atoms with E-state index >= 15 is 0 Å². The van der Waals surface area contributed by atoms with Gasteiger partial charge in [-0.1, -0.05) is 23.4 Å². The van der Waals surface area contributed by atoms with Crippen LogP contribution in [0.3, 0.4) is 0 Å². The third-order valence-corrected chi connectivity index (χ3v) is 2.82. The second-order valence-electron chi connectivity index (χ2n) is 3.47. The largest absolute Gasteiger partial charge is 0.363 e. The number of aromatic nitrogens is 2. The summed E-state index contributed by atoms with van der Waals surface area (Å²) in [6.45, 7) is 2.21. The Bertz CT molecular complexity index is 417. The maximum Gasteiger partial charge on any atom is 0.254 e. The van der Waals surface area contributed by atoms with Gasteiger partial charge >= 0.3 is 0 Å². The summed E-state index contributed by atoms with van der Waals surface area (Å²) in [7, 11) is 3.71. The highest BCUT2D eigenvalue weighted by Crippen LogP contribution is 2.20. The fraction of sp³-hybridized carbons (Fsp3) is 0.500. The molecule has 0 radical (unpaired) electrons. The minimum Gasteiger partial charge on any atom is -0.363 e. The topological polar surface area (TPSA) is 67.3 Å². The molecule has 0 aliphatic rings. The summed E-state index contributed by atoms with van der Waals surface area (Å²) in [5.74, 6) is 0.632. The van der Waals surface area contributed by atoms with E-state index in [-0.39, 0.29) is 11.7 Å². The lowest BCUT2D eigenvalue weighted by Crippen LogP contribution is -2.25. The maximum atomic E-state index is 11.3. The number of carbonyl (C=O) groups is 1. The summed E-state index contributed by atoms with van der Waals surface area (Å²) in [6.07, 6.45) is 0. The van der Waals surface area contributed by atoms with Gasteiger partial charge in [-0.15, -0.1) is 0 Å². The molecule has 1 rings (SSSR count). The van der Waals surface area contributed by atoms with Crippen molar-refractivity contribution in [1.29, 1.82) is 0 Å². The molecule has 0 bridgehead atoms. The minimum atomic E-state index is -0.239. The molecule has 0 saturated heterocycles. The highest BCUT2D eigenvalue weighted by molar-refractivity contribution is 7.99. The smallest absolute Gasteiger partial charge is 0.254 e. The van der Waals surface area contributed by atoms with E-state index in [1.807, 2.05) is 19.0 Å². The molecule has 0 fully saturated rings. The third kappa shape index (κ3) is 5.07. The lowest BCUT2D eigenvalue weighted by Gasteiger charge is -2.12. The van der Waals surface area contributed by atoms with E-state index in [2.05, 4.69) is 15.4 Å². The van der Waals surface area contributed by atoms with Crippen LogP contribution in [0.4, 0.5) is 5.82 Å². The van der Waals surface area contributed by atoms with Crippen molar-refractivity contribution in [3.05, 3.63) is 11.2 Å². The Kier molecular flexibility index (Phi) is 6.17. The lowest BCUT2D eigenvalue weighted by molar-refractivity contribution is -0.130. The average Bonchev–Trinajstić information content (AvgIpc) is 2.33. The minimum absolute atomic E-state index is 0.174. The van der Waals surface area contributed by atoms with Crippen molar-refractivity contribution in [2.45, 2.75) is 12.1 Å². The van der Waals surface area contributed by atoms with Gasteiger partial charge in [-0.25, -0.2) is 15.4 Å². The predicted octanol–water partition coefficient (Wildman–Crippen LogP) is 1.36. The Morgan fingerprint density at radius 3 is 2.89 bits per heavy atom. The number of hydrogen-bond donors (Lipinski definition) is 1. The van der Waals surface area contributed by atoms with E-state index in [1.165, 1.54) is 11.8 Å². The Labute approximate surface area is 115 Å². The Morgan fingerprint density at radius 2 is 2.28 bits per heavy atom. The van der Waals surface area contributed by atoms with Crippen LogP contribution in [0, 0.1) is 0 Å². The number of nitrogens with one attached hydrogen (secondary N) is 1. The van der Waals surface area contributed by atoms with Gasteiger partial charge in [0.2, 0.25) is 0 Å². The summed E-state index contributed by atoms with van der Waals surface area (Å²) in [5, 5.41) is 0.805. The number of rotatable bonds is 6. The summed E-state index contributed by atoms with van der Waals surface area (Å²) in [5.41, 5.74) is 2.30. The van der Waals surface area contributed by atoms with E-state index in [1.54, 1.807) is 13.0 Å². The van der Waals surface area contributed by atoms with Gasteiger partial charge in [-0.2, -0.15) is 0 Å². The molecule has 1 aromatic heterocycles. The van der Waals surface area contributed by atoms with Gasteiger partial charge in [-0.05, 0) is 6.92 Å². The summed E-state index contributed by atoms with van der Waals surface area (Å²) >= 11 is 7.08. The molecule has 6 nitrogen and oxygen atoms in total. The first-order valence-electron chi connectivity index (χ1n) is 5.28. The molecular weight excluding hydrogens is 276 g/mol. The molecule has 0 aliphatic carbocycles. The first kappa shape index (κ1) is 15.0. The van der Waals surface area contributed by atoms with Crippen LogP contribution in [0.25, 0.3) is 0 Å². The van der Waals surface area contributed by atoms with Crippen molar-refractivity contribution in [3.8, 4) is 0 Å². The molecule has 0 aliphatic heterocycles. The molecule has 1 amide bonds. The summed E-state index contributed by atoms with van der Waals surface area (Å²) in [6, 6.07) is 1.66. The van der Waals surface area contributed by atoms with Crippen molar-refractivity contribution in [2.24, 2.45) is 0 Å². The SMILES string of the molecule is CCONC(=O)CSc1nc(Cl)cc(N(C)C)n1. The number of halogens is 1. The van der Waals surface area contributed by atoms with Gasteiger partial charge in [0, 0.05) is 20.2 Å². The normalized spacial score (nSPS) is 10.2. The zero-order valence-corrected chi connectivity index (χ0v) is 12.0. The fourth-order valence-electron chi connectivity index (χ4n) is 0.991. The standard InChI is InChI=1S/C10H15ClN4O2S/c1-4-17-14-9(16)6-18-10-12-7(11)5-8(13-10)15(2)3/h5H,4,6H2,1-3H3,(H,14,16). The first-order chi connectivity index (χ1) is 8.52. The number of hydroxylamine groups is 1. The van der Waals surface area contributed by atoms with Crippen LogP contribution in [0.2, 0.25) is 5.15 Å². The number of hydrogen-bond acceptors (Lipinski definition) is 6. The number of anilines is 1. The number of carbonyl (C=O) groups excluding carboxylic acids is 1. The van der Waals surface area contributed by atoms with E-state index in [4.69, 9.17) is 16.4 Å². The van der Waals surface area contributed by atoms with Crippen LogP contribution in [0.1, 0.15) is 6.92 Å². The second kappa shape index (κ2) is 7.40. The summed E-state index contributed by atoms with van der Waals surface area (Å²) < 4.78 is 0. The zero-order chi connectivity index (χ0) is 13.5. The van der Waals surface area contributed by atoms with Gasteiger partial charge in [0.05, 0.1) is 12.4 Å². The van der Waals surface area contributed by atoms with Crippen LogP contribution in [-0.4, -0.2) is 42.3 Å². The monoisotopic (exact) mass is 290 g/mol. The molecule has 1 heterocycles. The van der Waals surface area contributed by atoms with Gasteiger partial charge in [0.15, 0.2) is 5.16 Å². The molecule has 1 aromatic rings. The molecule has 0 saturated carbocycles. The molecule has 1 N–H and O–H groups in total. The first-order valence-corrected chi connectivity index (χ1v) is 6.64.